The molecule has 5 nitrogen and oxygen atoms in total. The van der Waals surface area contributed by atoms with Crippen LogP contribution in [0.4, 0.5) is 0 Å². The average Bonchev–Trinajstić information content (AvgIpc) is 2.98. The van der Waals surface area contributed by atoms with Gasteiger partial charge in [-0.15, -0.1) is 0 Å². The molecule has 0 aliphatic heterocycles. The van der Waals surface area contributed by atoms with Crippen molar-refractivity contribution < 1.29 is 19.1 Å². The molecule has 1 aromatic carbocycles. The van der Waals surface area contributed by atoms with E-state index in [9.17, 15) is 9.59 Å². The molecule has 0 bridgehead atoms. The van der Waals surface area contributed by atoms with Gasteiger partial charge < -0.3 is 9.47 Å². The lowest BCUT2D eigenvalue weighted by Gasteiger charge is -2.38. The molecule has 0 radical (unpaired) electrons. The maximum absolute atomic E-state index is 12.9. The summed E-state index contributed by atoms with van der Waals surface area (Å²) in [6.07, 6.45) is 0. The lowest BCUT2D eigenvalue weighted by molar-refractivity contribution is 0.0560. The van der Waals surface area contributed by atoms with Gasteiger partial charge in [0, 0.05) is 10.5 Å². The Balaban J connectivity index is 2.95. The quantitative estimate of drug-likeness (QED) is 0.436. The van der Waals surface area contributed by atoms with E-state index in [1.165, 1.54) is 14.2 Å². The van der Waals surface area contributed by atoms with E-state index in [1.807, 2.05) is 30.3 Å². The van der Waals surface area contributed by atoms with Crippen molar-refractivity contribution in [2.24, 2.45) is 0 Å². The first-order valence-electron chi connectivity index (χ1n) is 9.28. The van der Waals surface area contributed by atoms with Crippen LogP contribution < -0.4 is 0 Å². The molecule has 0 amide bonds. The molecule has 0 saturated heterocycles. The number of methoxy groups -OCH3 is 2. The number of hydrogen-bond donors (Lipinski definition) is 0. The number of carbonyl (C=O) groups is 2. The highest BCUT2D eigenvalue weighted by Crippen LogP contribution is 2.55. The molecule has 1 unspecified atom stereocenters. The Bertz CT molecular complexity index is 853. The zero-order valence-corrected chi connectivity index (χ0v) is 20.9. The molecule has 2 rings (SSSR count). The van der Waals surface area contributed by atoms with Gasteiger partial charge in [0.1, 0.15) is 10.9 Å². The molecule has 1 atom stereocenters. The van der Waals surface area contributed by atoms with E-state index in [2.05, 4.69) is 39.3 Å². The van der Waals surface area contributed by atoms with Crippen LogP contribution >= 0.6 is 7.69 Å². The summed E-state index contributed by atoms with van der Waals surface area (Å²) in [7, 11) is -1.93. The Kier molecular flexibility index (Phi) is 6.74. The van der Waals surface area contributed by atoms with E-state index in [1.54, 1.807) is 0 Å². The molecule has 0 spiro atoms. The van der Waals surface area contributed by atoms with Crippen LogP contribution in [0.5, 0.6) is 0 Å². The first-order valence-corrected chi connectivity index (χ1v) is 17.8. The number of ether oxygens (including phenoxy) is 2. The molecule has 8 heteroatoms. The predicted molar refractivity (Wildman–Crippen MR) is 121 cm³/mol. The summed E-state index contributed by atoms with van der Waals surface area (Å²) in [5.74, 6) is -0.999. The van der Waals surface area contributed by atoms with Gasteiger partial charge >= 0.3 is 11.9 Å². The molecule has 1 heterocycles. The summed E-state index contributed by atoms with van der Waals surface area (Å²) in [5, 5.41) is 0.415. The minimum Gasteiger partial charge on any atom is -0.465 e. The standard InChI is InChI=1S/C20H30NO4PSi2/c1-24-18(22)15-16(14-12-10-9-11-13-14)21-26(17(15)19(23)25-2)20(27(3,4)5)28(6,7)8/h9-13,20H,1-8H3. The molecule has 0 aliphatic carbocycles. The van der Waals surface area contributed by atoms with Crippen LogP contribution in [0.3, 0.4) is 0 Å². The smallest absolute Gasteiger partial charge is 0.344 e. The number of aromatic nitrogens is 1. The number of carbonyl (C=O) groups excluding carboxylic acids is 2. The van der Waals surface area contributed by atoms with Crippen molar-refractivity contribution in [3.8, 4) is 11.3 Å². The molecular weight excluding hydrogens is 405 g/mol. The number of nitrogens with zero attached hydrogens (tertiary/aromatic N) is 1. The summed E-state index contributed by atoms with van der Waals surface area (Å²) in [6, 6.07) is 9.54. The van der Waals surface area contributed by atoms with Gasteiger partial charge in [0.25, 0.3) is 0 Å². The van der Waals surface area contributed by atoms with Crippen LogP contribution in [0.15, 0.2) is 30.3 Å². The lowest BCUT2D eigenvalue weighted by Crippen LogP contribution is -2.44. The fourth-order valence-corrected chi connectivity index (χ4v) is 23.0. The summed E-state index contributed by atoms with van der Waals surface area (Å²) < 4.78 is 15.2. The molecule has 2 aromatic rings. The maximum atomic E-state index is 12.9. The van der Waals surface area contributed by atoms with E-state index in [0.29, 0.717) is 15.9 Å². The number of rotatable bonds is 6. The van der Waals surface area contributed by atoms with Gasteiger partial charge in [-0.1, -0.05) is 69.6 Å². The van der Waals surface area contributed by atoms with Gasteiger partial charge in [0.05, 0.1) is 36.1 Å². The van der Waals surface area contributed by atoms with Crippen LogP contribution in [0.1, 0.15) is 25.4 Å². The highest BCUT2D eigenvalue weighted by atomic mass is 31.1. The Morgan fingerprint density at radius 1 is 0.893 bits per heavy atom. The van der Waals surface area contributed by atoms with Crippen molar-refractivity contribution in [1.29, 1.82) is 0 Å². The second kappa shape index (κ2) is 8.35. The summed E-state index contributed by atoms with van der Waals surface area (Å²) in [6.45, 7) is 13.9. The minimum atomic E-state index is -1.70. The Hall–Kier alpha value is -1.70. The van der Waals surface area contributed by atoms with Gasteiger partial charge in [-0.25, -0.2) is 14.3 Å². The van der Waals surface area contributed by atoms with Crippen LogP contribution in [-0.4, -0.2) is 47.1 Å². The molecule has 28 heavy (non-hydrogen) atoms. The van der Waals surface area contributed by atoms with Crippen molar-refractivity contribution in [1.82, 2.24) is 4.75 Å². The molecule has 0 aliphatic rings. The molecule has 0 N–H and O–H groups in total. The minimum absolute atomic E-state index is 0.271. The monoisotopic (exact) mass is 435 g/mol. The Morgan fingerprint density at radius 2 is 1.39 bits per heavy atom. The SMILES string of the molecule is COC(=O)c1c(-c2ccccc2)np(C([Si](C)(C)C)[Si](C)(C)C)c1C(=O)OC. The van der Waals surface area contributed by atoms with E-state index < -0.39 is 35.8 Å². The third-order valence-corrected chi connectivity index (χ3v) is 21.0. The number of esters is 2. The predicted octanol–water partition coefficient (Wildman–Crippen LogP) is 5.60. The lowest BCUT2D eigenvalue weighted by atomic mass is 10.1. The average molecular weight is 436 g/mol. The van der Waals surface area contributed by atoms with Gasteiger partial charge in [-0.2, -0.15) is 0 Å². The second-order valence-electron chi connectivity index (χ2n) is 9.00. The van der Waals surface area contributed by atoms with Gasteiger partial charge in [0.15, 0.2) is 0 Å². The van der Waals surface area contributed by atoms with Crippen molar-refractivity contribution in [2.75, 3.05) is 14.2 Å². The largest absolute Gasteiger partial charge is 0.465 e. The molecule has 1 aromatic heterocycles. The first kappa shape index (κ1) is 22.6. The first-order chi connectivity index (χ1) is 12.9. The van der Waals surface area contributed by atoms with Gasteiger partial charge in [0.2, 0.25) is 0 Å². The highest BCUT2D eigenvalue weighted by molar-refractivity contribution is 7.56. The van der Waals surface area contributed by atoms with Crippen LogP contribution in [0.25, 0.3) is 11.3 Å². The molecular formula is C20H30NO4PSi2. The van der Waals surface area contributed by atoms with Crippen molar-refractivity contribution in [2.45, 2.75) is 44.2 Å². The zero-order valence-electron chi connectivity index (χ0n) is 18.0. The normalized spacial score (nSPS) is 12.8. The van der Waals surface area contributed by atoms with Crippen molar-refractivity contribution >= 4 is 35.8 Å². The van der Waals surface area contributed by atoms with Crippen LogP contribution in [-0.2, 0) is 9.47 Å². The third kappa shape index (κ3) is 4.48. The second-order valence-corrected chi connectivity index (χ2v) is 23.0. The van der Waals surface area contributed by atoms with E-state index in [4.69, 9.17) is 14.2 Å². The Morgan fingerprint density at radius 3 is 1.82 bits per heavy atom. The van der Waals surface area contributed by atoms with E-state index in [-0.39, 0.29) is 5.56 Å². The highest BCUT2D eigenvalue weighted by Gasteiger charge is 2.44. The maximum Gasteiger partial charge on any atom is 0.344 e. The zero-order chi connectivity index (χ0) is 21.3. The van der Waals surface area contributed by atoms with Gasteiger partial charge in [-0.05, 0) is 7.69 Å². The summed E-state index contributed by atoms with van der Waals surface area (Å²) in [4.78, 5) is 26.0. The Labute approximate surface area is 170 Å². The number of benzene rings is 1. The van der Waals surface area contributed by atoms with E-state index >= 15 is 0 Å². The summed E-state index contributed by atoms with van der Waals surface area (Å²) in [5.41, 5.74) is 1.65. The molecule has 0 fully saturated rings. The van der Waals surface area contributed by atoms with Crippen molar-refractivity contribution in [3.05, 3.63) is 41.2 Å². The fraction of sp³-hybridized carbons (Fsp3) is 0.450. The van der Waals surface area contributed by atoms with E-state index in [0.717, 1.165) is 5.56 Å². The number of hydrogen-bond acceptors (Lipinski definition) is 5. The van der Waals surface area contributed by atoms with Crippen LogP contribution in [0.2, 0.25) is 39.3 Å². The van der Waals surface area contributed by atoms with Gasteiger partial charge in [-0.3, -0.25) is 0 Å². The molecule has 0 saturated carbocycles. The molecule has 152 valence electrons. The third-order valence-electron chi connectivity index (χ3n) is 4.61. The fourth-order valence-electron chi connectivity index (χ4n) is 4.04. The van der Waals surface area contributed by atoms with Crippen molar-refractivity contribution in [3.63, 3.8) is 0 Å². The summed E-state index contributed by atoms with van der Waals surface area (Å²) >= 11 is 0. The van der Waals surface area contributed by atoms with Crippen LogP contribution in [0, 0.1) is 0 Å². The topological polar surface area (TPSA) is 65.5 Å².